The van der Waals surface area contributed by atoms with Crippen LogP contribution in [0.3, 0.4) is 0 Å². The first-order valence-electron chi connectivity index (χ1n) is 11.4. The van der Waals surface area contributed by atoms with Crippen LogP contribution in [0.25, 0.3) is 11.1 Å². The molecule has 1 aliphatic carbocycles. The molecule has 1 aromatic carbocycles. The van der Waals surface area contributed by atoms with E-state index in [0.29, 0.717) is 11.6 Å². The zero-order valence-electron chi connectivity index (χ0n) is 20.0. The Balaban J connectivity index is 1.73. The van der Waals surface area contributed by atoms with Crippen LogP contribution in [0.1, 0.15) is 64.8 Å². The largest absolute Gasteiger partial charge is 0.436 e. The van der Waals surface area contributed by atoms with Gasteiger partial charge in [0.25, 0.3) is 5.91 Å². The Bertz CT molecular complexity index is 916. The highest BCUT2D eigenvalue weighted by Crippen LogP contribution is 2.33. The van der Waals surface area contributed by atoms with Crippen LogP contribution in [0, 0.1) is 25.7 Å². The summed E-state index contributed by atoms with van der Waals surface area (Å²) in [5.74, 6) is 1.11. The van der Waals surface area contributed by atoms with Crippen molar-refractivity contribution in [3.8, 4) is 11.1 Å². The maximum atomic E-state index is 13.2. The molecule has 0 aliphatic heterocycles. The first-order valence-corrected chi connectivity index (χ1v) is 11.4. The number of aromatic nitrogens is 1. The van der Waals surface area contributed by atoms with E-state index in [0.717, 1.165) is 48.3 Å². The Morgan fingerprint density at radius 2 is 1.72 bits per heavy atom. The van der Waals surface area contributed by atoms with E-state index in [1.54, 1.807) is 0 Å². The summed E-state index contributed by atoms with van der Waals surface area (Å²) >= 11 is 0. The van der Waals surface area contributed by atoms with E-state index in [2.05, 4.69) is 22.7 Å². The molecule has 0 bridgehead atoms. The zero-order chi connectivity index (χ0) is 23.5. The number of hydrogen-bond acceptors (Lipinski definition) is 5. The van der Waals surface area contributed by atoms with Crippen molar-refractivity contribution in [1.82, 2.24) is 10.5 Å². The Hall–Kier alpha value is -2.83. The van der Waals surface area contributed by atoms with Crippen LogP contribution >= 0.6 is 0 Å². The molecule has 0 radical (unpaired) electrons. The number of ether oxygens (including phenoxy) is 1. The summed E-state index contributed by atoms with van der Waals surface area (Å²) in [5, 5.41) is 9.73. The minimum atomic E-state index is -0.827. The predicted molar refractivity (Wildman–Crippen MR) is 124 cm³/mol. The second kappa shape index (κ2) is 9.76. The fourth-order valence-electron chi connectivity index (χ4n) is 4.23. The lowest BCUT2D eigenvalue weighted by Crippen LogP contribution is -2.46. The Kier molecular flexibility index (Phi) is 7.26. The number of carbonyl (C=O) groups is 2. The van der Waals surface area contributed by atoms with Crippen LogP contribution in [-0.2, 0) is 9.53 Å². The minimum absolute atomic E-state index is 0.0125. The number of rotatable bonds is 5. The first kappa shape index (κ1) is 23.8. The van der Waals surface area contributed by atoms with E-state index in [1.807, 2.05) is 58.9 Å². The maximum Gasteiger partial charge on any atom is 0.408 e. The number of nitrogens with one attached hydrogen (secondary N) is 2. The van der Waals surface area contributed by atoms with E-state index >= 15 is 0 Å². The van der Waals surface area contributed by atoms with Crippen molar-refractivity contribution in [3.63, 3.8) is 0 Å². The van der Waals surface area contributed by atoms with E-state index in [-0.39, 0.29) is 11.8 Å². The van der Waals surface area contributed by atoms with Crippen LogP contribution < -0.4 is 10.6 Å². The van der Waals surface area contributed by atoms with Crippen molar-refractivity contribution in [2.45, 2.75) is 78.9 Å². The molecule has 1 heterocycles. The molecule has 2 amide bonds. The summed E-state index contributed by atoms with van der Waals surface area (Å²) < 4.78 is 10.9. The average molecular weight is 442 g/mol. The number of carbonyl (C=O) groups excluding carboxylic acids is 2. The Morgan fingerprint density at radius 3 is 2.25 bits per heavy atom. The smallest absolute Gasteiger partial charge is 0.408 e. The molecular formula is C25H35N3O4. The van der Waals surface area contributed by atoms with Crippen LogP contribution in [-0.4, -0.2) is 28.8 Å². The van der Waals surface area contributed by atoms with Gasteiger partial charge in [0.15, 0.2) is 6.10 Å². The molecule has 32 heavy (non-hydrogen) atoms. The quantitative estimate of drug-likeness (QED) is 0.628. The van der Waals surface area contributed by atoms with Crippen LogP contribution in [0.5, 0.6) is 0 Å². The summed E-state index contributed by atoms with van der Waals surface area (Å²) in [6.45, 7) is 11.6. The van der Waals surface area contributed by atoms with Gasteiger partial charge in [0, 0.05) is 22.7 Å². The molecule has 0 spiro atoms. The zero-order valence-corrected chi connectivity index (χ0v) is 20.0. The molecule has 1 unspecified atom stereocenters. The number of benzene rings is 1. The molecule has 2 N–H and O–H groups in total. The molecule has 174 valence electrons. The van der Waals surface area contributed by atoms with Crippen LogP contribution in [0.15, 0.2) is 28.8 Å². The molecule has 0 saturated heterocycles. The monoisotopic (exact) mass is 441 g/mol. The maximum absolute atomic E-state index is 13.2. The summed E-state index contributed by atoms with van der Waals surface area (Å²) in [4.78, 5) is 25.6. The highest BCUT2D eigenvalue weighted by molar-refractivity contribution is 5.95. The third-order valence-corrected chi connectivity index (χ3v) is 5.93. The van der Waals surface area contributed by atoms with Crippen LogP contribution in [0.2, 0.25) is 0 Å². The first-order chi connectivity index (χ1) is 15.0. The fourth-order valence-corrected chi connectivity index (χ4v) is 4.23. The number of alkyl carbamates (subject to hydrolysis) is 1. The summed E-state index contributed by atoms with van der Waals surface area (Å²) in [7, 11) is 0. The minimum Gasteiger partial charge on any atom is -0.436 e. The van der Waals surface area contributed by atoms with Crippen molar-refractivity contribution in [2.75, 3.05) is 5.32 Å². The Labute approximate surface area is 190 Å². The lowest BCUT2D eigenvalue weighted by Gasteiger charge is -2.32. The highest BCUT2D eigenvalue weighted by atomic mass is 16.6. The predicted octanol–water partition coefficient (Wildman–Crippen LogP) is 5.62. The molecule has 7 heteroatoms. The van der Waals surface area contributed by atoms with Gasteiger partial charge in [-0.1, -0.05) is 37.1 Å². The molecule has 1 aromatic heterocycles. The second-order valence-corrected chi connectivity index (χ2v) is 9.99. The van der Waals surface area contributed by atoms with Gasteiger partial charge < -0.3 is 19.9 Å². The standard InChI is InChI=1S/C25H35N3O4/c1-15-7-9-19(10-8-15)22(31-24(30)27-25(4,5)6)23(29)26-20-13-11-18(12-14-20)21-16(2)28-32-17(21)3/h11-15,19,22H,7-10H2,1-6H3,(H,26,29)(H,27,30). The third kappa shape index (κ3) is 6.11. The van der Waals surface area contributed by atoms with E-state index in [9.17, 15) is 9.59 Å². The number of hydrogen-bond donors (Lipinski definition) is 2. The number of amides is 2. The molecule has 1 aliphatic rings. The van der Waals surface area contributed by atoms with Gasteiger partial charge in [-0.3, -0.25) is 4.79 Å². The molecule has 3 rings (SSSR count). The highest BCUT2D eigenvalue weighted by Gasteiger charge is 2.35. The van der Waals surface area contributed by atoms with Gasteiger partial charge in [-0.2, -0.15) is 0 Å². The van der Waals surface area contributed by atoms with Gasteiger partial charge in [0.1, 0.15) is 5.76 Å². The van der Waals surface area contributed by atoms with Gasteiger partial charge in [-0.15, -0.1) is 0 Å². The molecular weight excluding hydrogens is 406 g/mol. The van der Waals surface area contributed by atoms with Crippen molar-refractivity contribution >= 4 is 17.7 Å². The molecule has 7 nitrogen and oxygen atoms in total. The van der Waals surface area contributed by atoms with Crippen LogP contribution in [0.4, 0.5) is 10.5 Å². The van der Waals surface area contributed by atoms with E-state index < -0.39 is 17.7 Å². The van der Waals surface area contributed by atoms with Gasteiger partial charge >= 0.3 is 6.09 Å². The van der Waals surface area contributed by atoms with Gasteiger partial charge in [0.2, 0.25) is 0 Å². The van der Waals surface area contributed by atoms with Crippen molar-refractivity contribution in [2.24, 2.45) is 11.8 Å². The van der Waals surface area contributed by atoms with Crippen molar-refractivity contribution in [1.29, 1.82) is 0 Å². The average Bonchev–Trinajstić information content (AvgIpc) is 3.04. The number of aryl methyl sites for hydroxylation is 2. The van der Waals surface area contributed by atoms with E-state index in [1.165, 1.54) is 0 Å². The lowest BCUT2D eigenvalue weighted by atomic mass is 9.80. The summed E-state index contributed by atoms with van der Waals surface area (Å²) in [6.07, 6.45) is 2.41. The van der Waals surface area contributed by atoms with Crippen molar-refractivity contribution < 1.29 is 18.8 Å². The summed E-state index contributed by atoms with van der Waals surface area (Å²) in [6, 6.07) is 7.53. The fraction of sp³-hybridized carbons (Fsp3) is 0.560. The topological polar surface area (TPSA) is 93.5 Å². The molecule has 2 aromatic rings. The van der Waals surface area contributed by atoms with Crippen molar-refractivity contribution in [3.05, 3.63) is 35.7 Å². The van der Waals surface area contributed by atoms with Gasteiger partial charge in [-0.25, -0.2) is 4.79 Å². The number of nitrogens with zero attached hydrogens (tertiary/aromatic N) is 1. The normalized spacial score (nSPS) is 19.8. The third-order valence-electron chi connectivity index (χ3n) is 5.93. The second-order valence-electron chi connectivity index (χ2n) is 9.99. The number of anilines is 1. The molecule has 1 atom stereocenters. The lowest BCUT2D eigenvalue weighted by molar-refractivity contribution is -0.127. The van der Waals surface area contributed by atoms with E-state index in [4.69, 9.17) is 9.26 Å². The SMILES string of the molecule is Cc1noc(C)c1-c1ccc(NC(=O)C(OC(=O)NC(C)(C)C)C2CCC(C)CC2)cc1. The summed E-state index contributed by atoms with van der Waals surface area (Å²) in [5.41, 5.74) is 2.97. The van der Waals surface area contributed by atoms with Gasteiger partial charge in [0.05, 0.1) is 5.69 Å². The van der Waals surface area contributed by atoms with Gasteiger partial charge in [-0.05, 0) is 71.1 Å². The Morgan fingerprint density at radius 1 is 1.09 bits per heavy atom. The molecule has 1 fully saturated rings. The molecule has 1 saturated carbocycles.